The average Bonchev–Trinajstić information content (AvgIpc) is 2.77. The van der Waals surface area contributed by atoms with Crippen molar-refractivity contribution in [3.63, 3.8) is 0 Å². The van der Waals surface area contributed by atoms with Gasteiger partial charge in [0.15, 0.2) is 11.6 Å². The van der Waals surface area contributed by atoms with Crippen molar-refractivity contribution in [3.05, 3.63) is 59.7 Å². The molecule has 2 atom stereocenters. The molecule has 0 spiro atoms. The van der Waals surface area contributed by atoms with E-state index in [1.54, 1.807) is 12.1 Å². The van der Waals surface area contributed by atoms with E-state index in [-0.39, 0.29) is 5.82 Å². The van der Waals surface area contributed by atoms with Crippen molar-refractivity contribution in [2.24, 2.45) is 0 Å². The molecular formula is C27H40FNO. The molecule has 0 radical (unpaired) electrons. The van der Waals surface area contributed by atoms with Crippen molar-refractivity contribution in [2.45, 2.75) is 96.8 Å². The van der Waals surface area contributed by atoms with Crippen molar-refractivity contribution < 1.29 is 9.13 Å². The monoisotopic (exact) mass is 413 g/mol. The standard InChI is InChI=1S/C27H40FNO/c1-4-6-7-8-9-10-13-20-30-27-18-17-24(21-25(27)28)22(3)15-16-23(5-2)26-14-11-12-19-29-26/h11-12,14,17-19,21-23H,4-10,13,15-16,20H2,1-3H3. The van der Waals surface area contributed by atoms with E-state index in [1.165, 1.54) is 32.1 Å². The number of hydrogen-bond acceptors (Lipinski definition) is 2. The number of ether oxygens (including phenoxy) is 1. The van der Waals surface area contributed by atoms with Crippen LogP contribution in [0, 0.1) is 5.82 Å². The van der Waals surface area contributed by atoms with Gasteiger partial charge < -0.3 is 4.74 Å². The van der Waals surface area contributed by atoms with Gasteiger partial charge in [-0.1, -0.05) is 71.4 Å². The minimum Gasteiger partial charge on any atom is -0.491 e. The van der Waals surface area contributed by atoms with Gasteiger partial charge in [0.2, 0.25) is 0 Å². The van der Waals surface area contributed by atoms with Crippen LogP contribution >= 0.6 is 0 Å². The van der Waals surface area contributed by atoms with Crippen molar-refractivity contribution in [1.82, 2.24) is 4.98 Å². The van der Waals surface area contributed by atoms with E-state index < -0.39 is 0 Å². The van der Waals surface area contributed by atoms with Gasteiger partial charge in [0.25, 0.3) is 0 Å². The van der Waals surface area contributed by atoms with E-state index in [9.17, 15) is 4.39 Å². The second kappa shape index (κ2) is 14.2. The van der Waals surface area contributed by atoms with E-state index in [4.69, 9.17) is 4.74 Å². The normalized spacial score (nSPS) is 13.2. The van der Waals surface area contributed by atoms with Gasteiger partial charge in [-0.2, -0.15) is 0 Å². The Labute approximate surface area is 183 Å². The lowest BCUT2D eigenvalue weighted by Crippen LogP contribution is -2.04. The van der Waals surface area contributed by atoms with Crippen LogP contribution in [0.1, 0.15) is 108 Å². The lowest BCUT2D eigenvalue weighted by molar-refractivity contribution is 0.289. The summed E-state index contributed by atoms with van der Waals surface area (Å²) in [5.74, 6) is 0.924. The molecule has 1 aromatic heterocycles. The van der Waals surface area contributed by atoms with Gasteiger partial charge in [-0.15, -0.1) is 0 Å². The molecule has 0 saturated heterocycles. The fourth-order valence-corrected chi connectivity index (χ4v) is 3.98. The Hall–Kier alpha value is -1.90. The molecule has 0 aliphatic rings. The topological polar surface area (TPSA) is 22.1 Å². The third kappa shape index (κ3) is 8.45. The Morgan fingerprint density at radius 3 is 2.37 bits per heavy atom. The molecule has 166 valence electrons. The van der Waals surface area contributed by atoms with Crippen molar-refractivity contribution >= 4 is 0 Å². The molecule has 2 nitrogen and oxygen atoms in total. The summed E-state index contributed by atoms with van der Waals surface area (Å²) in [6.45, 7) is 7.22. The quantitative estimate of drug-likeness (QED) is 0.273. The first-order valence-corrected chi connectivity index (χ1v) is 12.0. The van der Waals surface area contributed by atoms with Crippen LogP contribution in [0.25, 0.3) is 0 Å². The highest BCUT2D eigenvalue weighted by molar-refractivity contribution is 5.31. The van der Waals surface area contributed by atoms with Gasteiger partial charge in [0, 0.05) is 17.8 Å². The first-order chi connectivity index (χ1) is 14.7. The van der Waals surface area contributed by atoms with Crippen LogP contribution in [0.4, 0.5) is 4.39 Å². The first-order valence-electron chi connectivity index (χ1n) is 12.0. The van der Waals surface area contributed by atoms with Crippen molar-refractivity contribution in [1.29, 1.82) is 0 Å². The number of rotatable bonds is 15. The summed E-state index contributed by atoms with van der Waals surface area (Å²) in [6.07, 6.45) is 13.7. The predicted molar refractivity (Wildman–Crippen MR) is 125 cm³/mol. The van der Waals surface area contributed by atoms with Crippen LogP contribution in [-0.2, 0) is 0 Å². The molecule has 2 rings (SSSR count). The van der Waals surface area contributed by atoms with Crippen LogP contribution in [0.15, 0.2) is 42.6 Å². The molecular weight excluding hydrogens is 373 g/mol. The smallest absolute Gasteiger partial charge is 0.165 e. The second-order valence-corrected chi connectivity index (χ2v) is 8.50. The third-order valence-electron chi connectivity index (χ3n) is 6.08. The largest absolute Gasteiger partial charge is 0.491 e. The van der Waals surface area contributed by atoms with E-state index >= 15 is 0 Å². The number of aromatic nitrogens is 1. The zero-order valence-corrected chi connectivity index (χ0v) is 19.2. The van der Waals surface area contributed by atoms with Crippen LogP contribution in [0.3, 0.4) is 0 Å². The Kier molecular flexibility index (Phi) is 11.5. The van der Waals surface area contributed by atoms with E-state index in [1.807, 2.05) is 18.3 Å². The van der Waals surface area contributed by atoms with Crippen molar-refractivity contribution in [2.75, 3.05) is 6.61 Å². The number of pyridine rings is 1. The maximum atomic E-state index is 14.5. The van der Waals surface area contributed by atoms with E-state index in [0.29, 0.717) is 24.2 Å². The molecule has 30 heavy (non-hydrogen) atoms. The molecule has 0 bridgehead atoms. The Bertz CT molecular complexity index is 703. The number of hydrogen-bond donors (Lipinski definition) is 0. The van der Waals surface area contributed by atoms with Gasteiger partial charge in [0.05, 0.1) is 6.61 Å². The van der Waals surface area contributed by atoms with Gasteiger partial charge in [0.1, 0.15) is 0 Å². The fraction of sp³-hybridized carbons (Fsp3) is 0.593. The maximum absolute atomic E-state index is 14.5. The Balaban J connectivity index is 1.75. The fourth-order valence-electron chi connectivity index (χ4n) is 3.98. The molecule has 2 unspecified atom stereocenters. The van der Waals surface area contributed by atoms with Crippen LogP contribution < -0.4 is 4.74 Å². The van der Waals surface area contributed by atoms with Gasteiger partial charge in [-0.3, -0.25) is 4.98 Å². The minimum absolute atomic E-state index is 0.237. The number of halogens is 1. The lowest BCUT2D eigenvalue weighted by Gasteiger charge is -2.18. The Morgan fingerprint density at radius 1 is 0.933 bits per heavy atom. The number of unbranched alkanes of at least 4 members (excludes halogenated alkanes) is 6. The zero-order valence-electron chi connectivity index (χ0n) is 19.2. The van der Waals surface area contributed by atoms with E-state index in [2.05, 4.69) is 37.9 Å². The van der Waals surface area contributed by atoms with E-state index in [0.717, 1.165) is 43.4 Å². The molecule has 2 aromatic rings. The van der Waals surface area contributed by atoms with Gasteiger partial charge in [-0.25, -0.2) is 4.39 Å². The van der Waals surface area contributed by atoms with Crippen molar-refractivity contribution in [3.8, 4) is 5.75 Å². The molecule has 0 aliphatic carbocycles. The summed E-state index contributed by atoms with van der Waals surface area (Å²) < 4.78 is 20.2. The summed E-state index contributed by atoms with van der Waals surface area (Å²) in [5, 5.41) is 0. The van der Waals surface area contributed by atoms with Crippen LogP contribution in [-0.4, -0.2) is 11.6 Å². The predicted octanol–water partition coefficient (Wildman–Crippen LogP) is 8.43. The highest BCUT2D eigenvalue weighted by atomic mass is 19.1. The number of nitrogens with zero attached hydrogens (tertiary/aromatic N) is 1. The SMILES string of the molecule is CCCCCCCCCOc1ccc(C(C)CCC(CC)c2ccccn2)cc1F. The molecule has 0 saturated carbocycles. The lowest BCUT2D eigenvalue weighted by atomic mass is 9.89. The van der Waals surface area contributed by atoms with Gasteiger partial charge >= 0.3 is 0 Å². The number of benzene rings is 1. The molecule has 1 heterocycles. The summed E-state index contributed by atoms with van der Waals surface area (Å²) in [7, 11) is 0. The second-order valence-electron chi connectivity index (χ2n) is 8.50. The summed E-state index contributed by atoms with van der Waals surface area (Å²) in [4.78, 5) is 4.51. The molecule has 0 fully saturated rings. The first kappa shape index (κ1) is 24.4. The summed E-state index contributed by atoms with van der Waals surface area (Å²) in [6, 6.07) is 11.6. The Morgan fingerprint density at radius 2 is 1.70 bits per heavy atom. The summed E-state index contributed by atoms with van der Waals surface area (Å²) >= 11 is 0. The highest BCUT2D eigenvalue weighted by Crippen LogP contribution is 2.30. The molecule has 0 N–H and O–H groups in total. The van der Waals surface area contributed by atoms with Crippen LogP contribution in [0.5, 0.6) is 5.75 Å². The van der Waals surface area contributed by atoms with Crippen LogP contribution in [0.2, 0.25) is 0 Å². The maximum Gasteiger partial charge on any atom is 0.165 e. The zero-order chi connectivity index (χ0) is 21.6. The average molecular weight is 414 g/mol. The molecule has 1 aromatic carbocycles. The highest BCUT2D eigenvalue weighted by Gasteiger charge is 2.15. The minimum atomic E-state index is -0.237. The van der Waals surface area contributed by atoms with Gasteiger partial charge in [-0.05, 0) is 61.4 Å². The third-order valence-corrected chi connectivity index (χ3v) is 6.08. The molecule has 0 amide bonds. The molecule has 3 heteroatoms. The summed E-state index contributed by atoms with van der Waals surface area (Å²) in [5.41, 5.74) is 2.21. The molecule has 0 aliphatic heterocycles.